The smallest absolute Gasteiger partial charge is 0.251 e. The van der Waals surface area contributed by atoms with Crippen molar-refractivity contribution in [1.82, 2.24) is 15.1 Å². The van der Waals surface area contributed by atoms with Gasteiger partial charge >= 0.3 is 0 Å². The molecular weight excluding hydrogens is 316 g/mol. The van der Waals surface area contributed by atoms with Crippen molar-refractivity contribution in [2.45, 2.75) is 18.9 Å². The van der Waals surface area contributed by atoms with Gasteiger partial charge in [-0.1, -0.05) is 6.08 Å². The maximum absolute atomic E-state index is 12.0. The zero-order chi connectivity index (χ0) is 17.6. The molecule has 25 heavy (non-hydrogen) atoms. The Morgan fingerprint density at radius 3 is 2.40 bits per heavy atom. The Balaban J connectivity index is 1.39. The summed E-state index contributed by atoms with van der Waals surface area (Å²) in [5, 5.41) is 5.38. The van der Waals surface area contributed by atoms with Crippen molar-refractivity contribution < 1.29 is 9.59 Å². The third-order valence-corrected chi connectivity index (χ3v) is 4.74. The van der Waals surface area contributed by atoms with E-state index in [1.54, 1.807) is 37.4 Å². The molecule has 1 saturated heterocycles. The summed E-state index contributed by atoms with van der Waals surface area (Å²) >= 11 is 0. The van der Waals surface area contributed by atoms with Gasteiger partial charge in [0.05, 0.1) is 0 Å². The number of hydrogen-bond acceptors (Lipinski definition) is 4. The number of anilines is 1. The van der Waals surface area contributed by atoms with Crippen molar-refractivity contribution in [2.75, 3.05) is 45.1 Å². The summed E-state index contributed by atoms with van der Waals surface area (Å²) in [5.41, 5.74) is 1.25. The number of piperazine rings is 1. The molecule has 2 aliphatic rings. The number of carbonyl (C=O) groups excluding carboxylic acids is 2. The second-order valence-electron chi connectivity index (χ2n) is 6.62. The first-order valence-corrected chi connectivity index (χ1v) is 8.92. The van der Waals surface area contributed by atoms with Crippen LogP contribution in [-0.4, -0.2) is 67.4 Å². The molecule has 3 rings (SSSR count). The minimum Gasteiger partial charge on any atom is -0.355 e. The molecule has 1 heterocycles. The van der Waals surface area contributed by atoms with Crippen LogP contribution in [0.25, 0.3) is 0 Å². The van der Waals surface area contributed by atoms with Gasteiger partial charge in [-0.3, -0.25) is 19.4 Å². The average Bonchev–Trinajstić information content (AvgIpc) is 3.47. The molecule has 0 radical (unpaired) electrons. The van der Waals surface area contributed by atoms with Crippen molar-refractivity contribution in [3.63, 3.8) is 0 Å². The Labute approximate surface area is 148 Å². The predicted molar refractivity (Wildman–Crippen MR) is 98.6 cm³/mol. The monoisotopic (exact) mass is 342 g/mol. The molecule has 0 atom stereocenters. The zero-order valence-corrected chi connectivity index (χ0v) is 14.7. The lowest BCUT2D eigenvalue weighted by Gasteiger charge is -2.34. The van der Waals surface area contributed by atoms with Crippen LogP contribution in [0.2, 0.25) is 0 Å². The molecule has 2 N–H and O–H groups in total. The highest BCUT2D eigenvalue weighted by atomic mass is 16.2. The molecule has 1 aliphatic carbocycles. The molecule has 0 aromatic heterocycles. The van der Waals surface area contributed by atoms with Crippen molar-refractivity contribution in [2.24, 2.45) is 0 Å². The number of benzene rings is 1. The van der Waals surface area contributed by atoms with E-state index >= 15 is 0 Å². The quantitative estimate of drug-likeness (QED) is 0.766. The lowest BCUT2D eigenvalue weighted by Crippen LogP contribution is -2.47. The first kappa shape index (κ1) is 17.6. The van der Waals surface area contributed by atoms with Crippen LogP contribution in [0.4, 0.5) is 5.69 Å². The number of hydrogen-bond donors (Lipinski definition) is 2. The standard InChI is InChI=1S/C19H26N4O2/c1-20-19(25)15-4-6-16(7-5-15)21-18(24)3-2-10-22-11-13-23(14-12-22)17-8-9-17/h2-7,17H,8-14H2,1H3,(H,20,25)(H,21,24)/b3-2+. The van der Waals surface area contributed by atoms with E-state index in [0.29, 0.717) is 11.3 Å². The first-order valence-electron chi connectivity index (χ1n) is 8.92. The summed E-state index contributed by atoms with van der Waals surface area (Å²) in [4.78, 5) is 28.4. The summed E-state index contributed by atoms with van der Waals surface area (Å²) in [5.74, 6) is -0.288. The Kier molecular flexibility index (Phi) is 5.83. The molecule has 2 fully saturated rings. The van der Waals surface area contributed by atoms with Crippen LogP contribution in [0.15, 0.2) is 36.4 Å². The van der Waals surface area contributed by atoms with Crippen LogP contribution in [0.1, 0.15) is 23.2 Å². The Bertz CT molecular complexity index is 629. The molecular formula is C19H26N4O2. The van der Waals surface area contributed by atoms with Crippen molar-refractivity contribution >= 4 is 17.5 Å². The third-order valence-electron chi connectivity index (χ3n) is 4.74. The number of rotatable bonds is 6. The Morgan fingerprint density at radius 2 is 1.80 bits per heavy atom. The first-order chi connectivity index (χ1) is 12.2. The van der Waals surface area contributed by atoms with Crippen molar-refractivity contribution in [1.29, 1.82) is 0 Å². The highest BCUT2D eigenvalue weighted by Gasteiger charge is 2.30. The van der Waals surface area contributed by atoms with E-state index in [-0.39, 0.29) is 11.8 Å². The number of carbonyl (C=O) groups is 2. The van der Waals surface area contributed by atoms with Crippen LogP contribution < -0.4 is 10.6 Å². The second kappa shape index (κ2) is 8.27. The fourth-order valence-corrected chi connectivity index (χ4v) is 3.09. The van der Waals surface area contributed by atoms with Gasteiger partial charge in [-0.15, -0.1) is 0 Å². The molecule has 0 bridgehead atoms. The molecule has 0 spiro atoms. The summed E-state index contributed by atoms with van der Waals surface area (Å²) in [7, 11) is 1.59. The van der Waals surface area contributed by atoms with E-state index in [9.17, 15) is 9.59 Å². The summed E-state index contributed by atoms with van der Waals surface area (Å²) in [6, 6.07) is 7.69. The highest BCUT2D eigenvalue weighted by Crippen LogP contribution is 2.27. The van der Waals surface area contributed by atoms with Gasteiger partial charge in [0.1, 0.15) is 0 Å². The van der Waals surface area contributed by atoms with E-state index in [1.807, 2.05) is 6.08 Å². The number of amides is 2. The second-order valence-corrected chi connectivity index (χ2v) is 6.62. The molecule has 2 amide bonds. The van der Waals surface area contributed by atoms with Crippen LogP contribution in [0, 0.1) is 0 Å². The number of nitrogens with one attached hydrogen (secondary N) is 2. The molecule has 0 unspecified atom stereocenters. The van der Waals surface area contributed by atoms with Gasteiger partial charge in [0, 0.05) is 63.1 Å². The van der Waals surface area contributed by atoms with E-state index < -0.39 is 0 Å². The Morgan fingerprint density at radius 1 is 1.12 bits per heavy atom. The molecule has 6 heteroatoms. The van der Waals surface area contributed by atoms with Gasteiger partial charge in [0.25, 0.3) is 5.91 Å². The van der Waals surface area contributed by atoms with Gasteiger partial charge in [-0.05, 0) is 37.1 Å². The normalized spacial score (nSPS) is 19.1. The molecule has 1 aromatic rings. The van der Waals surface area contributed by atoms with Crippen LogP contribution >= 0.6 is 0 Å². The molecule has 134 valence electrons. The number of nitrogens with zero attached hydrogens (tertiary/aromatic N) is 2. The van der Waals surface area contributed by atoms with E-state index in [4.69, 9.17) is 0 Å². The third kappa shape index (κ3) is 5.14. The average molecular weight is 342 g/mol. The largest absolute Gasteiger partial charge is 0.355 e. The molecule has 1 aromatic carbocycles. The van der Waals surface area contributed by atoms with Crippen LogP contribution in [0.5, 0.6) is 0 Å². The molecule has 1 aliphatic heterocycles. The fraction of sp³-hybridized carbons (Fsp3) is 0.474. The molecule has 6 nitrogen and oxygen atoms in total. The van der Waals surface area contributed by atoms with Crippen molar-refractivity contribution in [3.05, 3.63) is 42.0 Å². The van der Waals surface area contributed by atoms with Gasteiger partial charge in [0.2, 0.25) is 5.91 Å². The van der Waals surface area contributed by atoms with Gasteiger partial charge in [-0.25, -0.2) is 0 Å². The van der Waals surface area contributed by atoms with Gasteiger partial charge in [0.15, 0.2) is 0 Å². The van der Waals surface area contributed by atoms with Gasteiger partial charge < -0.3 is 10.6 Å². The highest BCUT2D eigenvalue weighted by molar-refractivity contribution is 6.00. The predicted octanol–water partition coefficient (Wildman–Crippen LogP) is 1.32. The summed E-state index contributed by atoms with van der Waals surface area (Å²) in [6.07, 6.45) is 6.23. The minimum absolute atomic E-state index is 0.139. The van der Waals surface area contributed by atoms with Gasteiger partial charge in [-0.2, -0.15) is 0 Å². The summed E-state index contributed by atoms with van der Waals surface area (Å²) < 4.78 is 0. The lowest BCUT2D eigenvalue weighted by molar-refractivity contribution is -0.111. The zero-order valence-electron chi connectivity index (χ0n) is 14.7. The van der Waals surface area contributed by atoms with E-state index in [1.165, 1.54) is 12.8 Å². The van der Waals surface area contributed by atoms with Crippen LogP contribution in [0.3, 0.4) is 0 Å². The summed E-state index contributed by atoms with van der Waals surface area (Å²) in [6.45, 7) is 5.24. The Hall–Kier alpha value is -2.18. The molecule has 1 saturated carbocycles. The maximum Gasteiger partial charge on any atom is 0.251 e. The minimum atomic E-state index is -0.149. The lowest BCUT2D eigenvalue weighted by atomic mass is 10.2. The van der Waals surface area contributed by atoms with E-state index in [2.05, 4.69) is 20.4 Å². The fourth-order valence-electron chi connectivity index (χ4n) is 3.09. The maximum atomic E-state index is 12.0. The topological polar surface area (TPSA) is 64.7 Å². The van der Waals surface area contributed by atoms with E-state index in [0.717, 1.165) is 38.8 Å². The van der Waals surface area contributed by atoms with Crippen molar-refractivity contribution in [3.8, 4) is 0 Å². The SMILES string of the molecule is CNC(=O)c1ccc(NC(=O)/C=C/CN2CCN(C3CC3)CC2)cc1. The van der Waals surface area contributed by atoms with Crippen LogP contribution in [-0.2, 0) is 4.79 Å².